The van der Waals surface area contributed by atoms with E-state index in [1.54, 1.807) is 0 Å². The summed E-state index contributed by atoms with van der Waals surface area (Å²) in [5.41, 5.74) is 5.99. The van der Waals surface area contributed by atoms with Crippen molar-refractivity contribution in [2.45, 2.75) is 26.2 Å². The van der Waals surface area contributed by atoms with E-state index in [2.05, 4.69) is 25.1 Å². The van der Waals surface area contributed by atoms with E-state index in [4.69, 9.17) is 4.74 Å². The minimum atomic E-state index is 0.864. The van der Waals surface area contributed by atoms with Crippen molar-refractivity contribution in [1.82, 2.24) is 0 Å². The average Bonchev–Trinajstić information content (AvgIpc) is 2.82. The fourth-order valence-corrected chi connectivity index (χ4v) is 2.62. The van der Waals surface area contributed by atoms with Gasteiger partial charge in [-0.25, -0.2) is 0 Å². The van der Waals surface area contributed by atoms with Crippen LogP contribution in [-0.2, 0) is 12.8 Å². The molecule has 0 saturated heterocycles. The van der Waals surface area contributed by atoms with Crippen molar-refractivity contribution in [3.63, 3.8) is 0 Å². The quantitative estimate of drug-likeness (QED) is 0.605. The highest BCUT2D eigenvalue weighted by atomic mass is 16.5. The molecule has 1 aromatic carbocycles. The fourth-order valence-electron chi connectivity index (χ4n) is 2.62. The summed E-state index contributed by atoms with van der Waals surface area (Å²) in [5.74, 6) is 1.12. The van der Waals surface area contributed by atoms with Crippen molar-refractivity contribution in [2.24, 2.45) is 0 Å². The topological polar surface area (TPSA) is 9.23 Å². The van der Waals surface area contributed by atoms with E-state index in [1.165, 1.54) is 35.1 Å². The molecule has 1 aliphatic heterocycles. The molecule has 0 atom stereocenters. The Labute approximate surface area is 84.4 Å². The number of allylic oxidation sites excluding steroid dienone is 2. The Bertz CT molecular complexity index is 415. The summed E-state index contributed by atoms with van der Waals surface area (Å²) in [4.78, 5) is 0. The molecule has 0 N–H and O–H groups in total. The van der Waals surface area contributed by atoms with E-state index in [0.717, 1.165) is 18.8 Å². The van der Waals surface area contributed by atoms with Crippen LogP contribution in [0.5, 0.6) is 5.75 Å². The smallest absolute Gasteiger partial charge is 0.123 e. The minimum Gasteiger partial charge on any atom is -0.493 e. The molecule has 0 fully saturated rings. The third-order valence-electron chi connectivity index (χ3n) is 3.30. The first kappa shape index (κ1) is 8.10. The van der Waals surface area contributed by atoms with Crippen LogP contribution in [0.3, 0.4) is 0 Å². The Morgan fingerprint density at radius 3 is 3.00 bits per heavy atom. The third-order valence-corrected chi connectivity index (χ3v) is 3.30. The molecule has 0 radical (unpaired) electrons. The molecule has 1 heteroatoms. The van der Waals surface area contributed by atoms with Crippen molar-refractivity contribution >= 4 is 5.57 Å². The number of rotatable bonds is 0. The maximum absolute atomic E-state index is 5.59. The summed E-state index contributed by atoms with van der Waals surface area (Å²) < 4.78 is 5.59. The molecule has 1 aliphatic carbocycles. The SMILES string of the molecule is C/C=C1\CCc2ccc3c(c21)CCO3. The van der Waals surface area contributed by atoms with Gasteiger partial charge in [-0.3, -0.25) is 0 Å². The van der Waals surface area contributed by atoms with Gasteiger partial charge in [0.05, 0.1) is 6.61 Å². The fraction of sp³-hybridized carbons (Fsp3) is 0.385. The first-order valence-corrected chi connectivity index (χ1v) is 5.33. The van der Waals surface area contributed by atoms with Gasteiger partial charge in [-0.05, 0) is 42.5 Å². The minimum absolute atomic E-state index is 0.864. The zero-order valence-electron chi connectivity index (χ0n) is 8.47. The van der Waals surface area contributed by atoms with Gasteiger partial charge in [0.15, 0.2) is 0 Å². The highest BCUT2D eigenvalue weighted by Gasteiger charge is 2.24. The van der Waals surface area contributed by atoms with Gasteiger partial charge in [0.25, 0.3) is 0 Å². The summed E-state index contributed by atoms with van der Waals surface area (Å²) in [5, 5.41) is 0. The Hall–Kier alpha value is -1.24. The van der Waals surface area contributed by atoms with Crippen LogP contribution in [0.4, 0.5) is 0 Å². The molecule has 0 spiro atoms. The maximum atomic E-state index is 5.59. The predicted octanol–water partition coefficient (Wildman–Crippen LogP) is 2.97. The van der Waals surface area contributed by atoms with E-state index >= 15 is 0 Å². The van der Waals surface area contributed by atoms with Crippen LogP contribution in [0.1, 0.15) is 30.0 Å². The second-order valence-electron chi connectivity index (χ2n) is 3.99. The number of hydrogen-bond donors (Lipinski definition) is 0. The van der Waals surface area contributed by atoms with Gasteiger partial charge < -0.3 is 4.74 Å². The highest BCUT2D eigenvalue weighted by Crippen LogP contribution is 2.40. The van der Waals surface area contributed by atoms with Crippen LogP contribution in [0.15, 0.2) is 18.2 Å². The third kappa shape index (κ3) is 0.955. The summed E-state index contributed by atoms with van der Waals surface area (Å²) in [6.45, 7) is 3.00. The van der Waals surface area contributed by atoms with Crippen molar-refractivity contribution in [3.8, 4) is 5.75 Å². The Morgan fingerprint density at radius 1 is 1.21 bits per heavy atom. The molecule has 0 aromatic heterocycles. The number of fused-ring (bicyclic) bond motifs is 3. The summed E-state index contributed by atoms with van der Waals surface area (Å²) >= 11 is 0. The molecule has 0 bridgehead atoms. The van der Waals surface area contributed by atoms with Gasteiger partial charge in [0.1, 0.15) is 5.75 Å². The van der Waals surface area contributed by atoms with Crippen molar-refractivity contribution in [2.75, 3.05) is 6.61 Å². The first-order valence-electron chi connectivity index (χ1n) is 5.33. The number of aryl methyl sites for hydroxylation is 1. The highest BCUT2D eigenvalue weighted by molar-refractivity contribution is 5.77. The monoisotopic (exact) mass is 186 g/mol. The van der Waals surface area contributed by atoms with Crippen LogP contribution in [-0.4, -0.2) is 6.61 Å². The molecule has 1 heterocycles. The zero-order chi connectivity index (χ0) is 9.54. The maximum Gasteiger partial charge on any atom is 0.123 e. The van der Waals surface area contributed by atoms with Crippen LogP contribution < -0.4 is 4.74 Å². The van der Waals surface area contributed by atoms with E-state index in [9.17, 15) is 0 Å². The van der Waals surface area contributed by atoms with Gasteiger partial charge in [-0.15, -0.1) is 0 Å². The van der Waals surface area contributed by atoms with Gasteiger partial charge in [0, 0.05) is 12.0 Å². The molecule has 14 heavy (non-hydrogen) atoms. The van der Waals surface area contributed by atoms with Gasteiger partial charge in [-0.2, -0.15) is 0 Å². The molecule has 3 rings (SSSR count). The molecule has 1 nitrogen and oxygen atoms in total. The molecule has 0 saturated carbocycles. The molecular formula is C13H14O. The lowest BCUT2D eigenvalue weighted by molar-refractivity contribution is 0.357. The summed E-state index contributed by atoms with van der Waals surface area (Å²) in [7, 11) is 0. The number of ether oxygens (including phenoxy) is 1. The Morgan fingerprint density at radius 2 is 2.14 bits per heavy atom. The summed E-state index contributed by atoms with van der Waals surface area (Å²) in [6.07, 6.45) is 5.77. The Kier molecular flexibility index (Phi) is 1.66. The average molecular weight is 186 g/mol. The normalized spacial score (nSPS) is 20.8. The summed E-state index contributed by atoms with van der Waals surface area (Å²) in [6, 6.07) is 4.37. The van der Waals surface area contributed by atoms with Gasteiger partial charge >= 0.3 is 0 Å². The molecule has 0 amide bonds. The standard InChI is InChI=1S/C13H14O/c1-2-9-3-4-10-5-6-12-11(13(9)10)7-8-14-12/h2,5-6H,3-4,7-8H2,1H3/b9-2+. The van der Waals surface area contributed by atoms with E-state index in [0.29, 0.717) is 0 Å². The molecular weight excluding hydrogens is 172 g/mol. The lowest BCUT2D eigenvalue weighted by Gasteiger charge is -2.06. The predicted molar refractivity (Wildman–Crippen MR) is 57.6 cm³/mol. The number of hydrogen-bond acceptors (Lipinski definition) is 1. The molecule has 0 unspecified atom stereocenters. The lowest BCUT2D eigenvalue weighted by Crippen LogP contribution is -1.89. The first-order chi connectivity index (χ1) is 6.90. The Balaban J connectivity index is 2.26. The van der Waals surface area contributed by atoms with E-state index in [1.807, 2.05) is 0 Å². The molecule has 1 aromatic rings. The van der Waals surface area contributed by atoms with Crippen LogP contribution >= 0.6 is 0 Å². The van der Waals surface area contributed by atoms with Gasteiger partial charge in [0.2, 0.25) is 0 Å². The largest absolute Gasteiger partial charge is 0.493 e. The second-order valence-corrected chi connectivity index (χ2v) is 3.99. The van der Waals surface area contributed by atoms with E-state index < -0.39 is 0 Å². The van der Waals surface area contributed by atoms with Crippen molar-refractivity contribution in [3.05, 3.63) is 34.9 Å². The van der Waals surface area contributed by atoms with Gasteiger partial charge in [-0.1, -0.05) is 12.1 Å². The molecule has 2 aliphatic rings. The number of benzene rings is 1. The van der Waals surface area contributed by atoms with Crippen LogP contribution in [0, 0.1) is 0 Å². The van der Waals surface area contributed by atoms with E-state index in [-0.39, 0.29) is 0 Å². The zero-order valence-corrected chi connectivity index (χ0v) is 8.47. The lowest BCUT2D eigenvalue weighted by atomic mass is 9.98. The van der Waals surface area contributed by atoms with Crippen LogP contribution in [0.2, 0.25) is 0 Å². The molecule has 72 valence electrons. The van der Waals surface area contributed by atoms with Crippen molar-refractivity contribution < 1.29 is 4.74 Å². The second kappa shape index (κ2) is 2.88. The van der Waals surface area contributed by atoms with Crippen LogP contribution in [0.25, 0.3) is 5.57 Å². The van der Waals surface area contributed by atoms with Crippen molar-refractivity contribution in [1.29, 1.82) is 0 Å².